The van der Waals surface area contributed by atoms with Crippen molar-refractivity contribution in [1.82, 2.24) is 0 Å². The summed E-state index contributed by atoms with van der Waals surface area (Å²) in [6.45, 7) is 5.26. The number of carboxylic acids is 1. The van der Waals surface area contributed by atoms with Gasteiger partial charge >= 0.3 is 5.97 Å². The molecule has 2 aliphatic heterocycles. The first kappa shape index (κ1) is 19.2. The SMILES string of the molecule is CC12CCC3C(CCC4(C)CCCCS34C)C1CCC2CCCC(=O)O. The van der Waals surface area contributed by atoms with E-state index in [1.165, 1.54) is 57.8 Å². The molecule has 150 valence electrons. The average molecular weight is 381 g/mol. The molecule has 2 heterocycles. The van der Waals surface area contributed by atoms with Crippen LogP contribution < -0.4 is 0 Å². The predicted octanol–water partition coefficient (Wildman–Crippen LogP) is 6.22. The number of hydrogen-bond acceptors (Lipinski definition) is 1. The minimum absolute atomic E-state index is 0.365. The lowest BCUT2D eigenvalue weighted by Crippen LogP contribution is -2.55. The molecule has 0 radical (unpaired) electrons. The Labute approximate surface area is 162 Å². The van der Waals surface area contributed by atoms with Gasteiger partial charge in [0.25, 0.3) is 0 Å². The third-order valence-corrected chi connectivity index (χ3v) is 15.6. The van der Waals surface area contributed by atoms with Gasteiger partial charge in [-0.05, 0) is 109 Å². The molecule has 4 aliphatic rings. The summed E-state index contributed by atoms with van der Waals surface area (Å²) < 4.78 is 0.680. The second-order valence-corrected chi connectivity index (χ2v) is 15.0. The van der Waals surface area contributed by atoms with E-state index in [0.717, 1.165) is 35.8 Å². The second-order valence-electron chi connectivity index (χ2n) is 10.7. The van der Waals surface area contributed by atoms with Gasteiger partial charge in [-0.2, -0.15) is 0 Å². The number of carboxylic acid groups (broad SMARTS) is 1. The second kappa shape index (κ2) is 6.71. The minimum atomic E-state index is -0.617. The Morgan fingerprint density at radius 1 is 1.08 bits per heavy atom. The van der Waals surface area contributed by atoms with Crippen LogP contribution in [0, 0.1) is 23.2 Å². The number of carbonyl (C=O) groups is 1. The fraction of sp³-hybridized carbons (Fsp3) is 0.957. The molecule has 0 bridgehead atoms. The molecule has 0 aromatic carbocycles. The van der Waals surface area contributed by atoms with Gasteiger partial charge in [-0.15, -0.1) is 0 Å². The molecule has 2 saturated heterocycles. The zero-order chi connectivity index (χ0) is 18.6. The summed E-state index contributed by atoms with van der Waals surface area (Å²) in [5.41, 5.74) is 0.512. The van der Waals surface area contributed by atoms with Gasteiger partial charge in [0.15, 0.2) is 0 Å². The van der Waals surface area contributed by atoms with Crippen molar-refractivity contribution in [3.05, 3.63) is 0 Å². The molecule has 4 fully saturated rings. The fourth-order valence-corrected chi connectivity index (χ4v) is 13.4. The van der Waals surface area contributed by atoms with Crippen LogP contribution in [0.1, 0.15) is 90.9 Å². The van der Waals surface area contributed by atoms with E-state index < -0.39 is 16.0 Å². The summed E-state index contributed by atoms with van der Waals surface area (Å²) in [5, 5.41) is 10.0. The van der Waals surface area contributed by atoms with Crippen LogP contribution in [0.3, 0.4) is 0 Å². The van der Waals surface area contributed by atoms with Crippen LogP contribution in [0.2, 0.25) is 0 Å². The highest BCUT2D eigenvalue weighted by molar-refractivity contribution is 8.34. The van der Waals surface area contributed by atoms with Crippen molar-refractivity contribution in [2.45, 2.75) is 101 Å². The van der Waals surface area contributed by atoms with Crippen LogP contribution in [0.25, 0.3) is 0 Å². The first-order valence-electron chi connectivity index (χ1n) is 11.3. The average Bonchev–Trinajstić information content (AvgIpc) is 2.92. The van der Waals surface area contributed by atoms with Crippen LogP contribution in [0.4, 0.5) is 0 Å². The largest absolute Gasteiger partial charge is 0.481 e. The molecule has 0 amide bonds. The number of aliphatic carboxylic acids is 1. The van der Waals surface area contributed by atoms with Crippen LogP contribution in [0.5, 0.6) is 0 Å². The van der Waals surface area contributed by atoms with E-state index in [2.05, 4.69) is 20.1 Å². The van der Waals surface area contributed by atoms with Crippen LogP contribution in [0.15, 0.2) is 0 Å². The molecule has 1 N–H and O–H groups in total. The van der Waals surface area contributed by atoms with E-state index in [4.69, 9.17) is 5.11 Å². The van der Waals surface area contributed by atoms with Crippen LogP contribution >= 0.6 is 10.0 Å². The summed E-state index contributed by atoms with van der Waals surface area (Å²) in [6, 6.07) is 0. The van der Waals surface area contributed by atoms with Crippen LogP contribution in [-0.4, -0.2) is 33.1 Å². The van der Waals surface area contributed by atoms with Crippen molar-refractivity contribution < 1.29 is 9.90 Å². The van der Waals surface area contributed by atoms with Gasteiger partial charge in [-0.25, -0.2) is 10.0 Å². The molecule has 7 atom stereocenters. The van der Waals surface area contributed by atoms with E-state index in [-0.39, 0.29) is 0 Å². The number of fused-ring (bicyclic) bond motifs is 5. The van der Waals surface area contributed by atoms with Crippen LogP contribution in [-0.2, 0) is 4.79 Å². The van der Waals surface area contributed by atoms with Crippen molar-refractivity contribution in [1.29, 1.82) is 0 Å². The molecule has 26 heavy (non-hydrogen) atoms. The molecule has 0 aromatic rings. The highest BCUT2D eigenvalue weighted by Crippen LogP contribution is 2.76. The Morgan fingerprint density at radius 2 is 1.88 bits per heavy atom. The van der Waals surface area contributed by atoms with Gasteiger partial charge < -0.3 is 5.11 Å². The Kier molecular flexibility index (Phi) is 4.94. The van der Waals surface area contributed by atoms with Gasteiger partial charge in [0.1, 0.15) is 0 Å². The maximum atomic E-state index is 10.9. The van der Waals surface area contributed by atoms with Gasteiger partial charge in [-0.1, -0.05) is 20.3 Å². The van der Waals surface area contributed by atoms with Crippen molar-refractivity contribution in [3.8, 4) is 0 Å². The molecule has 2 aliphatic carbocycles. The quantitative estimate of drug-likeness (QED) is 0.628. The third-order valence-electron chi connectivity index (χ3n) is 9.84. The summed E-state index contributed by atoms with van der Waals surface area (Å²) >= 11 is 0. The first-order valence-corrected chi connectivity index (χ1v) is 13.5. The molecule has 3 heteroatoms. The predicted molar refractivity (Wildman–Crippen MR) is 112 cm³/mol. The molecular weight excluding hydrogens is 340 g/mol. The smallest absolute Gasteiger partial charge is 0.303 e. The topological polar surface area (TPSA) is 37.3 Å². The zero-order valence-corrected chi connectivity index (χ0v) is 18.1. The molecule has 0 aromatic heterocycles. The molecule has 2 saturated carbocycles. The lowest BCUT2D eigenvalue weighted by molar-refractivity contribution is -0.137. The lowest BCUT2D eigenvalue weighted by Gasteiger charge is -2.68. The zero-order valence-electron chi connectivity index (χ0n) is 17.3. The highest BCUT2D eigenvalue weighted by Gasteiger charge is 2.60. The van der Waals surface area contributed by atoms with Crippen molar-refractivity contribution in [3.63, 3.8) is 0 Å². The minimum Gasteiger partial charge on any atom is -0.481 e. The number of hydrogen-bond donors (Lipinski definition) is 1. The van der Waals surface area contributed by atoms with Crippen molar-refractivity contribution in [2.75, 3.05) is 12.0 Å². The van der Waals surface area contributed by atoms with Gasteiger partial charge in [0.2, 0.25) is 0 Å². The summed E-state index contributed by atoms with van der Waals surface area (Å²) in [4.78, 5) is 10.9. The maximum absolute atomic E-state index is 10.9. The van der Waals surface area contributed by atoms with Gasteiger partial charge in [0, 0.05) is 6.42 Å². The monoisotopic (exact) mass is 380 g/mol. The third kappa shape index (κ3) is 2.78. The molecule has 2 nitrogen and oxygen atoms in total. The lowest BCUT2D eigenvalue weighted by atomic mass is 9.59. The Morgan fingerprint density at radius 3 is 2.65 bits per heavy atom. The van der Waals surface area contributed by atoms with E-state index in [0.29, 0.717) is 16.6 Å². The summed E-state index contributed by atoms with van der Waals surface area (Å²) in [5.74, 6) is 3.65. The van der Waals surface area contributed by atoms with Gasteiger partial charge in [-0.3, -0.25) is 4.79 Å². The first-order chi connectivity index (χ1) is 12.3. The van der Waals surface area contributed by atoms with E-state index in [1.54, 1.807) is 5.75 Å². The van der Waals surface area contributed by atoms with Crippen molar-refractivity contribution in [2.24, 2.45) is 23.2 Å². The maximum Gasteiger partial charge on any atom is 0.303 e. The van der Waals surface area contributed by atoms with Gasteiger partial charge in [0.05, 0.1) is 0 Å². The Balaban J connectivity index is 1.51. The van der Waals surface area contributed by atoms with Crippen molar-refractivity contribution >= 4 is 16.0 Å². The fourth-order valence-electron chi connectivity index (χ4n) is 8.10. The van der Waals surface area contributed by atoms with E-state index >= 15 is 0 Å². The number of rotatable bonds is 4. The normalized spacial score (nSPS) is 53.0. The standard InChI is InChI=1S/C23H40O2S/c1-22-13-4-5-16-26(22,3)20-12-15-23(2)17(7-6-8-21(24)25)9-10-19(23)18(20)11-14-22/h17-20H,4-16H2,1-3H3,(H,24,25). The summed E-state index contributed by atoms with van der Waals surface area (Å²) in [7, 11) is -0.471. The Bertz CT molecular complexity index is 562. The summed E-state index contributed by atoms with van der Waals surface area (Å²) in [6.07, 6.45) is 18.3. The molecule has 0 spiro atoms. The van der Waals surface area contributed by atoms with E-state index in [1.807, 2.05) is 0 Å². The molecular formula is C23H40O2S. The molecule has 4 rings (SSSR count). The highest BCUT2D eigenvalue weighted by atomic mass is 32.3. The molecule has 7 unspecified atom stereocenters. The Hall–Kier alpha value is -0.180. The van der Waals surface area contributed by atoms with E-state index in [9.17, 15) is 4.79 Å².